The van der Waals surface area contributed by atoms with Crippen molar-refractivity contribution in [2.24, 2.45) is 0 Å². The molecule has 224 valence electrons. The van der Waals surface area contributed by atoms with Gasteiger partial charge in [0, 0.05) is 11.1 Å². The molecular weight excluding hydrogens is 562 g/mol. The molecule has 1 aliphatic heterocycles. The molecule has 5 heteroatoms. The summed E-state index contributed by atoms with van der Waals surface area (Å²) >= 11 is 0. The number of anilines is 2. The maximum atomic E-state index is 5.32. The zero-order chi connectivity index (χ0) is 31.5. The second-order valence-electron chi connectivity index (χ2n) is 13.0. The van der Waals surface area contributed by atoms with Crippen LogP contribution in [0.25, 0.3) is 55.8 Å². The van der Waals surface area contributed by atoms with Crippen LogP contribution in [0.5, 0.6) is 0 Å². The zero-order valence-electron chi connectivity index (χ0n) is 26.5. The van der Waals surface area contributed by atoms with Gasteiger partial charge in [-0.05, 0) is 80.3 Å². The van der Waals surface area contributed by atoms with Gasteiger partial charge in [-0.1, -0.05) is 109 Å². The third-order valence-corrected chi connectivity index (χ3v) is 9.80. The molecule has 0 amide bonds. The molecule has 2 aromatic heterocycles. The van der Waals surface area contributed by atoms with Gasteiger partial charge in [0.2, 0.25) is 11.9 Å². The standard InChI is InChI=1S/C41H35N5/c1-40(2)41(3,4)46(39-44-34-23-11-12-24-37(34)45(39)40)38-42-35(32-21-13-19-30(25-32)28-15-7-5-8-16-28)27-36(43-38)33-22-14-20-31(26-33)29-17-9-6-10-18-29/h5-27H,1-4H3. The van der Waals surface area contributed by atoms with Crippen LogP contribution in [0.2, 0.25) is 0 Å². The van der Waals surface area contributed by atoms with Crippen LogP contribution in [0.15, 0.2) is 140 Å². The number of para-hydroxylation sites is 2. The number of benzene rings is 5. The summed E-state index contributed by atoms with van der Waals surface area (Å²) in [5, 5.41) is 0. The first-order chi connectivity index (χ1) is 22.3. The van der Waals surface area contributed by atoms with Crippen LogP contribution in [-0.2, 0) is 5.54 Å². The maximum absolute atomic E-state index is 5.32. The van der Waals surface area contributed by atoms with Gasteiger partial charge in [0.25, 0.3) is 0 Å². The highest BCUT2D eigenvalue weighted by molar-refractivity contribution is 5.83. The minimum Gasteiger partial charge on any atom is -0.302 e. The van der Waals surface area contributed by atoms with Crippen LogP contribution < -0.4 is 4.90 Å². The van der Waals surface area contributed by atoms with Crippen molar-refractivity contribution in [3.8, 4) is 44.8 Å². The Kier molecular flexibility index (Phi) is 6.40. The highest BCUT2D eigenvalue weighted by Gasteiger charge is 2.54. The molecule has 1 aliphatic rings. The molecule has 5 aromatic carbocycles. The average molecular weight is 598 g/mol. The predicted octanol–water partition coefficient (Wildman–Crippen LogP) is 10.2. The van der Waals surface area contributed by atoms with Gasteiger partial charge in [0.05, 0.1) is 33.5 Å². The second kappa shape index (κ2) is 10.5. The van der Waals surface area contributed by atoms with E-state index in [0.717, 1.165) is 50.6 Å². The van der Waals surface area contributed by atoms with Crippen molar-refractivity contribution < 1.29 is 0 Å². The van der Waals surface area contributed by atoms with Gasteiger partial charge < -0.3 is 4.57 Å². The predicted molar refractivity (Wildman–Crippen MR) is 189 cm³/mol. The van der Waals surface area contributed by atoms with Crippen molar-refractivity contribution in [1.82, 2.24) is 19.5 Å². The number of nitrogens with zero attached hydrogens (tertiary/aromatic N) is 5. The molecule has 0 radical (unpaired) electrons. The van der Waals surface area contributed by atoms with Crippen LogP contribution in [-0.4, -0.2) is 25.1 Å². The molecule has 3 heterocycles. The van der Waals surface area contributed by atoms with Crippen LogP contribution in [0.4, 0.5) is 11.9 Å². The lowest BCUT2D eigenvalue weighted by molar-refractivity contribution is 0.251. The van der Waals surface area contributed by atoms with E-state index in [1.54, 1.807) is 0 Å². The van der Waals surface area contributed by atoms with E-state index in [9.17, 15) is 0 Å². The molecule has 0 bridgehead atoms. The lowest BCUT2D eigenvalue weighted by Crippen LogP contribution is -2.51. The molecule has 0 spiro atoms. The Bertz CT molecular complexity index is 2110. The summed E-state index contributed by atoms with van der Waals surface area (Å²) in [6.45, 7) is 9.08. The number of hydrogen-bond donors (Lipinski definition) is 0. The van der Waals surface area contributed by atoms with Crippen LogP contribution in [0, 0.1) is 0 Å². The van der Waals surface area contributed by atoms with Crippen molar-refractivity contribution in [1.29, 1.82) is 0 Å². The van der Waals surface area contributed by atoms with Gasteiger partial charge in [-0.15, -0.1) is 0 Å². The highest BCUT2D eigenvalue weighted by atomic mass is 15.5. The summed E-state index contributed by atoms with van der Waals surface area (Å²) < 4.78 is 2.35. The van der Waals surface area contributed by atoms with E-state index >= 15 is 0 Å². The molecule has 5 nitrogen and oxygen atoms in total. The fourth-order valence-electron chi connectivity index (χ4n) is 6.66. The van der Waals surface area contributed by atoms with Crippen molar-refractivity contribution in [3.05, 3.63) is 140 Å². The van der Waals surface area contributed by atoms with E-state index in [4.69, 9.17) is 15.0 Å². The summed E-state index contributed by atoms with van der Waals surface area (Å²) in [6.07, 6.45) is 0. The Hall–Kier alpha value is -5.55. The highest BCUT2D eigenvalue weighted by Crippen LogP contribution is 2.51. The first kappa shape index (κ1) is 28.0. The van der Waals surface area contributed by atoms with Gasteiger partial charge in [-0.2, -0.15) is 0 Å². The third-order valence-electron chi connectivity index (χ3n) is 9.80. The van der Waals surface area contributed by atoms with Crippen LogP contribution in [0.3, 0.4) is 0 Å². The Balaban J connectivity index is 1.35. The lowest BCUT2D eigenvalue weighted by Gasteiger charge is -2.40. The average Bonchev–Trinajstić information content (AvgIpc) is 3.55. The van der Waals surface area contributed by atoms with Gasteiger partial charge in [-0.3, -0.25) is 4.90 Å². The van der Waals surface area contributed by atoms with Gasteiger partial charge in [-0.25, -0.2) is 15.0 Å². The minimum absolute atomic E-state index is 0.293. The first-order valence-corrected chi connectivity index (χ1v) is 15.8. The minimum atomic E-state index is -0.382. The van der Waals surface area contributed by atoms with E-state index < -0.39 is 0 Å². The molecule has 0 unspecified atom stereocenters. The van der Waals surface area contributed by atoms with Gasteiger partial charge in [0.15, 0.2) is 0 Å². The maximum Gasteiger partial charge on any atom is 0.233 e. The van der Waals surface area contributed by atoms with E-state index in [1.165, 1.54) is 11.1 Å². The topological polar surface area (TPSA) is 46.8 Å². The van der Waals surface area contributed by atoms with E-state index in [0.29, 0.717) is 5.95 Å². The largest absolute Gasteiger partial charge is 0.302 e. The summed E-state index contributed by atoms with van der Waals surface area (Å²) in [4.78, 5) is 18.0. The smallest absolute Gasteiger partial charge is 0.233 e. The molecule has 0 atom stereocenters. The molecule has 0 aliphatic carbocycles. The zero-order valence-corrected chi connectivity index (χ0v) is 26.5. The van der Waals surface area contributed by atoms with Crippen molar-refractivity contribution >= 4 is 22.9 Å². The fourth-order valence-corrected chi connectivity index (χ4v) is 6.66. The second-order valence-corrected chi connectivity index (χ2v) is 13.0. The normalized spacial score (nSPS) is 14.8. The number of fused-ring (bicyclic) bond motifs is 3. The summed E-state index contributed by atoms with van der Waals surface area (Å²) in [6, 6.07) is 48.7. The monoisotopic (exact) mass is 597 g/mol. The third kappa shape index (κ3) is 4.42. The Morgan fingerprint density at radius 1 is 0.435 bits per heavy atom. The summed E-state index contributed by atoms with van der Waals surface area (Å²) in [5.41, 5.74) is 9.85. The van der Waals surface area contributed by atoms with Crippen molar-refractivity contribution in [2.45, 2.75) is 38.8 Å². The molecule has 0 saturated carbocycles. The molecule has 7 aromatic rings. The SMILES string of the molecule is CC1(C)N(c2nc(-c3cccc(-c4ccccc4)c3)cc(-c3cccc(-c4ccccc4)c3)n2)c2nc3ccccc3n2C1(C)C. The molecule has 46 heavy (non-hydrogen) atoms. The molecule has 0 N–H and O–H groups in total. The number of aromatic nitrogens is 4. The van der Waals surface area contributed by atoms with E-state index in [2.05, 4.69) is 158 Å². The Morgan fingerprint density at radius 2 is 0.913 bits per heavy atom. The molecule has 8 rings (SSSR count). The van der Waals surface area contributed by atoms with Crippen LogP contribution in [0.1, 0.15) is 27.7 Å². The number of imidazole rings is 1. The van der Waals surface area contributed by atoms with Gasteiger partial charge in [0.1, 0.15) is 0 Å². The van der Waals surface area contributed by atoms with E-state index in [-0.39, 0.29) is 11.1 Å². The molecule has 0 fully saturated rings. The van der Waals surface area contributed by atoms with Crippen LogP contribution >= 0.6 is 0 Å². The Labute approximate surface area is 269 Å². The number of rotatable bonds is 5. The Morgan fingerprint density at radius 3 is 1.48 bits per heavy atom. The lowest BCUT2D eigenvalue weighted by atomic mass is 9.82. The van der Waals surface area contributed by atoms with Crippen molar-refractivity contribution in [2.75, 3.05) is 4.90 Å². The summed E-state index contributed by atoms with van der Waals surface area (Å²) in [5.74, 6) is 1.49. The summed E-state index contributed by atoms with van der Waals surface area (Å²) in [7, 11) is 0. The quantitative estimate of drug-likeness (QED) is 0.198. The van der Waals surface area contributed by atoms with E-state index in [1.807, 2.05) is 18.2 Å². The van der Waals surface area contributed by atoms with Crippen molar-refractivity contribution in [3.63, 3.8) is 0 Å². The number of hydrogen-bond acceptors (Lipinski definition) is 4. The fraction of sp³-hybridized carbons (Fsp3) is 0.146. The molecular formula is C41H35N5. The molecule has 0 saturated heterocycles. The first-order valence-electron chi connectivity index (χ1n) is 15.8. The van der Waals surface area contributed by atoms with Gasteiger partial charge >= 0.3 is 0 Å².